The number of carboxylic acids is 2. The minimum atomic E-state index is -3.32. The zero-order valence-corrected chi connectivity index (χ0v) is 58.4. The lowest BCUT2D eigenvalue weighted by atomic mass is 9.86. The number of aliphatic hydroxyl groups is 14. The van der Waals surface area contributed by atoms with Crippen LogP contribution in [0.3, 0.4) is 0 Å². The molecule has 3 saturated heterocycles. The van der Waals surface area contributed by atoms with Gasteiger partial charge in [0.1, 0.15) is 79.9 Å². The summed E-state index contributed by atoms with van der Waals surface area (Å²) in [6.45, 7) is 1.84. The van der Waals surface area contributed by atoms with E-state index in [-0.39, 0.29) is 12.8 Å². The molecular weight excluding hydrogens is 1290 g/mol. The zero-order valence-electron chi connectivity index (χ0n) is 58.4. The smallest absolute Gasteiger partial charge is 0.364 e. The summed E-state index contributed by atoms with van der Waals surface area (Å²) in [5, 5.41) is 181. The van der Waals surface area contributed by atoms with Crippen LogP contribution in [0.5, 0.6) is 0 Å². The molecule has 0 aliphatic carbocycles. The summed E-state index contributed by atoms with van der Waals surface area (Å²) >= 11 is 0. The number of hydrogen-bond acceptors (Lipinski definition) is 25. The van der Waals surface area contributed by atoms with E-state index in [2.05, 4.69) is 36.7 Å². The maximum absolute atomic E-state index is 13.7. The second-order valence-corrected chi connectivity index (χ2v) is 27.4. The minimum Gasteiger partial charge on any atom is -0.477 e. The van der Waals surface area contributed by atoms with Gasteiger partial charge in [0.05, 0.1) is 62.9 Å². The number of hydrogen-bond donors (Lipinski definition) is 19. The summed E-state index contributed by atoms with van der Waals surface area (Å²) in [4.78, 5) is 65.9. The standard InChI is InChI=1S/C68H125N3O27/c1-5-7-8-9-10-11-12-13-14-15-16-17-18-19-20-21-22-23-24-27-31-34-46(77)63(88)70-44(55(82)45(76)33-30-28-25-26-29-32-42(3)6-2)40-93-64-60(87)59(86)58(85)51(95-64)41-94-67(65(89)90)36-50(54(69-43(4)75)62(97-67)57(84)49(80)38-73)96-68(66(91)92)35-47(78)53(71-52(81)39-74)61(98-68)56(83)48(79)37-72/h42,44-51,53-62,64,72-74,76-80,82-87H,5-41H2,1-4H3,(H,69,75)(H,70,88)(H,71,81)(H,89,90)(H,91,92). The highest BCUT2D eigenvalue weighted by atomic mass is 16.8. The third-order valence-corrected chi connectivity index (χ3v) is 19.3. The van der Waals surface area contributed by atoms with E-state index in [1.165, 1.54) is 96.3 Å². The lowest BCUT2D eigenvalue weighted by Crippen LogP contribution is -2.72. The number of carboxylic acid groups (broad SMARTS) is 2. The van der Waals surface area contributed by atoms with Crippen molar-refractivity contribution >= 4 is 29.7 Å². The molecule has 574 valence electrons. The number of carbonyl (C=O) groups is 5. The van der Waals surface area contributed by atoms with Crippen LogP contribution in [0.15, 0.2) is 0 Å². The van der Waals surface area contributed by atoms with Crippen LogP contribution < -0.4 is 16.0 Å². The molecule has 0 radical (unpaired) electrons. The lowest BCUT2D eigenvalue weighted by molar-refractivity contribution is -0.365. The van der Waals surface area contributed by atoms with E-state index in [1.54, 1.807) is 0 Å². The van der Waals surface area contributed by atoms with Gasteiger partial charge < -0.3 is 126 Å². The van der Waals surface area contributed by atoms with Gasteiger partial charge in [-0.15, -0.1) is 0 Å². The molecule has 30 heteroatoms. The van der Waals surface area contributed by atoms with E-state index in [9.17, 15) is 106 Å². The van der Waals surface area contributed by atoms with E-state index in [4.69, 9.17) is 28.4 Å². The Labute approximate surface area is 577 Å². The quantitative estimate of drug-likeness (QED) is 0.0379. The fourth-order valence-corrected chi connectivity index (χ4v) is 12.9. The van der Waals surface area contributed by atoms with Crippen molar-refractivity contribution < 1.29 is 134 Å². The molecule has 0 saturated carbocycles. The first-order valence-corrected chi connectivity index (χ1v) is 36.3. The van der Waals surface area contributed by atoms with Gasteiger partial charge >= 0.3 is 11.9 Å². The monoisotopic (exact) mass is 1420 g/mol. The number of amides is 3. The van der Waals surface area contributed by atoms with Gasteiger partial charge in [0.25, 0.3) is 11.6 Å². The Bertz CT molecular complexity index is 2220. The van der Waals surface area contributed by atoms with Crippen molar-refractivity contribution in [1.82, 2.24) is 16.0 Å². The van der Waals surface area contributed by atoms with Crippen LogP contribution in [0.2, 0.25) is 0 Å². The molecule has 0 spiro atoms. The van der Waals surface area contributed by atoms with Gasteiger partial charge in [-0.3, -0.25) is 14.4 Å². The van der Waals surface area contributed by atoms with Crippen molar-refractivity contribution in [1.29, 1.82) is 0 Å². The Hall–Kier alpha value is -3.45. The lowest BCUT2D eigenvalue weighted by Gasteiger charge is -2.52. The Morgan fingerprint density at radius 3 is 1.47 bits per heavy atom. The van der Waals surface area contributed by atoms with Crippen LogP contribution >= 0.6 is 0 Å². The Kier molecular flexibility index (Phi) is 43.2. The van der Waals surface area contributed by atoms with E-state index in [0.717, 1.165) is 77.6 Å². The maximum Gasteiger partial charge on any atom is 0.364 e. The number of aliphatic carboxylic acids is 2. The van der Waals surface area contributed by atoms with Crippen molar-refractivity contribution in [3.05, 3.63) is 0 Å². The van der Waals surface area contributed by atoms with Crippen LogP contribution in [0, 0.1) is 5.92 Å². The number of carbonyl (C=O) groups excluding carboxylic acids is 3. The van der Waals surface area contributed by atoms with E-state index < -0.39 is 203 Å². The molecule has 3 fully saturated rings. The summed E-state index contributed by atoms with van der Waals surface area (Å²) in [5.41, 5.74) is 0. The number of rotatable bonds is 54. The molecule has 98 heavy (non-hydrogen) atoms. The van der Waals surface area contributed by atoms with Gasteiger partial charge in [-0.25, -0.2) is 9.59 Å². The average Bonchev–Trinajstić information content (AvgIpc) is 0.746. The molecule has 3 heterocycles. The Balaban J connectivity index is 1.80. The zero-order chi connectivity index (χ0) is 73.0. The molecule has 3 aliphatic heterocycles. The second kappa shape index (κ2) is 47.7. The molecule has 30 nitrogen and oxygen atoms in total. The summed E-state index contributed by atoms with van der Waals surface area (Å²) in [6.07, 6.45) is -4.39. The van der Waals surface area contributed by atoms with Crippen LogP contribution in [-0.2, 0) is 52.4 Å². The number of nitrogens with one attached hydrogen (secondary N) is 3. The van der Waals surface area contributed by atoms with Crippen LogP contribution in [0.1, 0.15) is 233 Å². The molecule has 3 rings (SSSR count). The molecule has 0 aromatic carbocycles. The van der Waals surface area contributed by atoms with Gasteiger partial charge in [0.15, 0.2) is 6.29 Å². The van der Waals surface area contributed by atoms with Crippen LogP contribution in [0.4, 0.5) is 0 Å². The normalized spacial score (nSPS) is 28.7. The predicted octanol–water partition coefficient (Wildman–Crippen LogP) is 1.07. The van der Waals surface area contributed by atoms with E-state index >= 15 is 0 Å². The first kappa shape index (κ1) is 88.8. The van der Waals surface area contributed by atoms with Crippen molar-refractivity contribution in [2.45, 2.75) is 361 Å². The summed E-state index contributed by atoms with van der Waals surface area (Å²) in [7, 11) is 0. The average molecular weight is 1420 g/mol. The highest BCUT2D eigenvalue weighted by molar-refractivity contribution is 5.81. The van der Waals surface area contributed by atoms with Crippen molar-refractivity contribution in [2.75, 3.05) is 33.0 Å². The molecule has 22 unspecified atom stereocenters. The highest BCUT2D eigenvalue weighted by Gasteiger charge is 2.63. The summed E-state index contributed by atoms with van der Waals surface area (Å²) in [6, 6.07) is -5.36. The maximum atomic E-state index is 13.7. The number of aliphatic hydroxyl groups excluding tert-OH is 14. The van der Waals surface area contributed by atoms with Crippen LogP contribution in [0.25, 0.3) is 0 Å². The first-order chi connectivity index (χ1) is 46.7. The van der Waals surface area contributed by atoms with Crippen molar-refractivity contribution in [2.24, 2.45) is 5.92 Å². The number of ether oxygens (including phenoxy) is 6. The Morgan fingerprint density at radius 1 is 0.551 bits per heavy atom. The highest BCUT2D eigenvalue weighted by Crippen LogP contribution is 2.42. The van der Waals surface area contributed by atoms with Gasteiger partial charge in [-0.05, 0) is 18.8 Å². The van der Waals surface area contributed by atoms with Gasteiger partial charge in [0, 0.05) is 19.8 Å². The van der Waals surface area contributed by atoms with E-state index in [0.29, 0.717) is 18.8 Å². The molecule has 3 amide bonds. The summed E-state index contributed by atoms with van der Waals surface area (Å²) in [5.74, 6) is -13.4. The van der Waals surface area contributed by atoms with Gasteiger partial charge in [0.2, 0.25) is 17.7 Å². The molecule has 0 aromatic heterocycles. The molecule has 0 bridgehead atoms. The SMILES string of the molecule is CCCCCCCCCCCCCCCCCCCCCCCC(O)C(=O)NC(COC1OC(COC2(C(=O)O)CC(OC3(C(=O)O)CC(O)C(NC(=O)CO)C(C(O)C(O)CO)O3)C(NC(C)=O)C(C(O)C(O)CO)O2)C(O)C(O)C1O)C(O)C(O)CCCCCCCC(C)CC. The molecule has 22 atom stereocenters. The van der Waals surface area contributed by atoms with Crippen molar-refractivity contribution in [3.8, 4) is 0 Å². The second-order valence-electron chi connectivity index (χ2n) is 27.4. The summed E-state index contributed by atoms with van der Waals surface area (Å²) < 4.78 is 35.1. The Morgan fingerprint density at radius 2 is 1.01 bits per heavy atom. The molecule has 0 aromatic rings. The van der Waals surface area contributed by atoms with Crippen LogP contribution in [-0.4, -0.2) is 272 Å². The molecular formula is C68H125N3O27. The van der Waals surface area contributed by atoms with E-state index in [1.807, 2.05) is 0 Å². The largest absolute Gasteiger partial charge is 0.477 e. The molecule has 3 aliphatic rings. The van der Waals surface area contributed by atoms with Crippen molar-refractivity contribution in [3.63, 3.8) is 0 Å². The fraction of sp³-hybridized carbons (Fsp3) is 0.926. The first-order valence-electron chi connectivity index (χ1n) is 36.3. The van der Waals surface area contributed by atoms with Gasteiger partial charge in [-0.2, -0.15) is 0 Å². The third kappa shape index (κ3) is 29.7. The molecule has 19 N–H and O–H groups in total. The topological polar surface area (TPSA) is 501 Å². The fourth-order valence-electron chi connectivity index (χ4n) is 12.9. The number of unbranched alkanes of at least 4 members (excludes halogenated alkanes) is 24. The predicted molar refractivity (Wildman–Crippen MR) is 353 cm³/mol. The third-order valence-electron chi connectivity index (χ3n) is 19.3. The minimum absolute atomic E-state index is 0.0696. The van der Waals surface area contributed by atoms with Gasteiger partial charge in [-0.1, -0.05) is 201 Å².